The largest absolute Gasteiger partial charge is 0.437 e. The van der Waals surface area contributed by atoms with Crippen molar-refractivity contribution >= 4 is 44.1 Å². The van der Waals surface area contributed by atoms with Crippen LogP contribution in [0.1, 0.15) is 0 Å². The van der Waals surface area contributed by atoms with Crippen LogP contribution in [0.2, 0.25) is 5.02 Å². The van der Waals surface area contributed by atoms with E-state index in [1.807, 2.05) is 0 Å². The molecule has 8 heteroatoms. The normalized spacial score (nSPS) is 10.5. The number of urea groups is 1. The molecule has 1 aromatic carbocycles. The third-order valence-electron chi connectivity index (χ3n) is 2.59. The Morgan fingerprint density at radius 3 is 2.81 bits per heavy atom. The van der Waals surface area contributed by atoms with Crippen LogP contribution in [-0.4, -0.2) is 16.2 Å². The third kappa shape index (κ3) is 3.04. The van der Waals surface area contributed by atoms with Crippen LogP contribution in [0.4, 0.5) is 9.80 Å². The monoisotopic (exact) mass is 320 g/mol. The van der Waals surface area contributed by atoms with E-state index >= 15 is 0 Å². The number of nitrogens with two attached hydrogens (primary N) is 1. The highest BCUT2D eigenvalue weighted by molar-refractivity contribution is 7.23. The SMILES string of the molecule is NC(=O)Nc1cc2c(Oc3ccc(Cl)cc3)nncc2s1. The highest BCUT2D eigenvalue weighted by Crippen LogP contribution is 2.35. The average molecular weight is 321 g/mol. The molecule has 0 bridgehead atoms. The van der Waals surface area contributed by atoms with Gasteiger partial charge in [-0.3, -0.25) is 5.32 Å². The van der Waals surface area contributed by atoms with Crippen molar-refractivity contribution in [3.8, 4) is 11.6 Å². The van der Waals surface area contributed by atoms with Gasteiger partial charge in [0.1, 0.15) is 5.75 Å². The van der Waals surface area contributed by atoms with E-state index in [-0.39, 0.29) is 0 Å². The number of nitrogens with one attached hydrogen (secondary N) is 1. The summed E-state index contributed by atoms with van der Waals surface area (Å²) in [6.45, 7) is 0. The van der Waals surface area contributed by atoms with Crippen molar-refractivity contribution in [2.45, 2.75) is 0 Å². The molecule has 0 aliphatic heterocycles. The summed E-state index contributed by atoms with van der Waals surface area (Å²) in [4.78, 5) is 10.9. The Balaban J connectivity index is 1.96. The van der Waals surface area contributed by atoms with E-state index in [0.29, 0.717) is 21.7 Å². The zero-order chi connectivity index (χ0) is 14.8. The Bertz CT molecular complexity index is 804. The molecule has 0 radical (unpaired) electrons. The van der Waals surface area contributed by atoms with Gasteiger partial charge in [-0.15, -0.1) is 16.4 Å². The molecular weight excluding hydrogens is 312 g/mol. The fraction of sp³-hybridized carbons (Fsp3) is 0. The van der Waals surface area contributed by atoms with Gasteiger partial charge in [0.05, 0.1) is 21.3 Å². The number of aromatic nitrogens is 2. The second-order valence-electron chi connectivity index (χ2n) is 4.08. The van der Waals surface area contributed by atoms with Crippen LogP contribution in [0.5, 0.6) is 11.6 Å². The van der Waals surface area contributed by atoms with E-state index in [2.05, 4.69) is 15.5 Å². The van der Waals surface area contributed by atoms with Crippen LogP contribution in [0.15, 0.2) is 36.5 Å². The number of hydrogen-bond acceptors (Lipinski definition) is 5. The zero-order valence-corrected chi connectivity index (χ0v) is 12.1. The third-order valence-corrected chi connectivity index (χ3v) is 3.83. The molecule has 21 heavy (non-hydrogen) atoms. The van der Waals surface area contributed by atoms with Gasteiger partial charge < -0.3 is 10.5 Å². The molecule has 6 nitrogen and oxygen atoms in total. The minimum atomic E-state index is -0.623. The Labute approximate surface area is 128 Å². The van der Waals surface area contributed by atoms with Crippen molar-refractivity contribution in [3.05, 3.63) is 41.6 Å². The topological polar surface area (TPSA) is 90.1 Å². The number of fused-ring (bicyclic) bond motifs is 1. The number of primary amides is 1. The molecule has 0 unspecified atom stereocenters. The number of carbonyl (C=O) groups excluding carboxylic acids is 1. The van der Waals surface area contributed by atoms with Crippen molar-refractivity contribution in [1.82, 2.24) is 10.2 Å². The summed E-state index contributed by atoms with van der Waals surface area (Å²) < 4.78 is 6.53. The first-order valence-electron chi connectivity index (χ1n) is 5.87. The van der Waals surface area contributed by atoms with E-state index in [4.69, 9.17) is 22.1 Å². The Hall–Kier alpha value is -2.38. The quantitative estimate of drug-likeness (QED) is 0.771. The molecule has 2 amide bonds. The summed E-state index contributed by atoms with van der Waals surface area (Å²) in [7, 11) is 0. The lowest BCUT2D eigenvalue weighted by Crippen LogP contribution is -2.18. The molecule has 2 aromatic heterocycles. The van der Waals surface area contributed by atoms with Crippen molar-refractivity contribution in [2.75, 3.05) is 5.32 Å². The molecule has 0 saturated carbocycles. The van der Waals surface area contributed by atoms with Gasteiger partial charge in [0.2, 0.25) is 5.88 Å². The molecule has 2 heterocycles. The molecule has 3 aromatic rings. The summed E-state index contributed by atoms with van der Waals surface area (Å²) >= 11 is 7.16. The van der Waals surface area contributed by atoms with Gasteiger partial charge in [-0.1, -0.05) is 11.6 Å². The zero-order valence-electron chi connectivity index (χ0n) is 10.5. The molecule has 3 N–H and O–H groups in total. The van der Waals surface area contributed by atoms with E-state index < -0.39 is 6.03 Å². The summed E-state index contributed by atoms with van der Waals surface area (Å²) in [6.07, 6.45) is 1.60. The molecule has 3 rings (SSSR count). The van der Waals surface area contributed by atoms with Gasteiger partial charge >= 0.3 is 6.03 Å². The maximum atomic E-state index is 10.9. The van der Waals surface area contributed by atoms with Gasteiger partial charge in [0.15, 0.2) is 0 Å². The Morgan fingerprint density at radius 1 is 1.33 bits per heavy atom. The summed E-state index contributed by atoms with van der Waals surface area (Å²) in [5.74, 6) is 0.945. The Morgan fingerprint density at radius 2 is 2.10 bits per heavy atom. The van der Waals surface area contributed by atoms with Gasteiger partial charge in [-0.05, 0) is 30.3 Å². The molecule has 106 valence electrons. The van der Waals surface area contributed by atoms with Crippen LogP contribution in [0.25, 0.3) is 10.1 Å². The number of rotatable bonds is 3. The van der Waals surface area contributed by atoms with Crippen LogP contribution < -0.4 is 15.8 Å². The number of nitrogens with zero attached hydrogens (tertiary/aromatic N) is 2. The van der Waals surface area contributed by atoms with Crippen molar-refractivity contribution in [3.63, 3.8) is 0 Å². The minimum Gasteiger partial charge on any atom is -0.437 e. The van der Waals surface area contributed by atoms with E-state index in [1.54, 1.807) is 36.5 Å². The molecule has 0 fully saturated rings. The van der Waals surface area contributed by atoms with Gasteiger partial charge in [0, 0.05) is 5.02 Å². The summed E-state index contributed by atoms with van der Waals surface area (Å²) in [5, 5.41) is 12.4. The number of carbonyl (C=O) groups is 1. The maximum absolute atomic E-state index is 10.9. The molecule has 0 aliphatic carbocycles. The van der Waals surface area contributed by atoms with E-state index in [1.165, 1.54) is 11.3 Å². The van der Waals surface area contributed by atoms with Crippen molar-refractivity contribution in [1.29, 1.82) is 0 Å². The smallest absolute Gasteiger partial charge is 0.317 e. The first-order chi connectivity index (χ1) is 10.1. The van der Waals surface area contributed by atoms with E-state index in [0.717, 1.165) is 10.1 Å². The van der Waals surface area contributed by atoms with Crippen molar-refractivity contribution < 1.29 is 9.53 Å². The first-order valence-corrected chi connectivity index (χ1v) is 7.06. The van der Waals surface area contributed by atoms with Gasteiger partial charge in [-0.25, -0.2) is 4.79 Å². The molecular formula is C13H9ClN4O2S. The number of hydrogen-bond donors (Lipinski definition) is 2. The number of halogens is 1. The number of thiophene rings is 1. The van der Waals surface area contributed by atoms with Crippen LogP contribution in [0, 0.1) is 0 Å². The van der Waals surface area contributed by atoms with Crippen LogP contribution in [-0.2, 0) is 0 Å². The number of anilines is 1. The predicted octanol–water partition coefficient (Wildman–Crippen LogP) is 3.63. The average Bonchev–Trinajstić information content (AvgIpc) is 2.84. The number of benzene rings is 1. The lowest BCUT2D eigenvalue weighted by molar-refractivity contribution is 0.259. The van der Waals surface area contributed by atoms with Gasteiger partial charge in [-0.2, -0.15) is 5.10 Å². The lowest BCUT2D eigenvalue weighted by atomic mass is 10.3. The van der Waals surface area contributed by atoms with E-state index in [9.17, 15) is 4.79 Å². The fourth-order valence-corrected chi connectivity index (χ4v) is 2.78. The maximum Gasteiger partial charge on any atom is 0.317 e. The minimum absolute atomic E-state index is 0.351. The second-order valence-corrected chi connectivity index (χ2v) is 5.60. The fourth-order valence-electron chi connectivity index (χ4n) is 1.73. The van der Waals surface area contributed by atoms with Crippen LogP contribution in [0.3, 0.4) is 0 Å². The molecule has 0 spiro atoms. The summed E-state index contributed by atoms with van der Waals surface area (Å²) in [5.41, 5.74) is 5.10. The second kappa shape index (κ2) is 5.55. The van der Waals surface area contributed by atoms with Crippen molar-refractivity contribution in [2.24, 2.45) is 5.73 Å². The number of amides is 2. The highest BCUT2D eigenvalue weighted by atomic mass is 35.5. The summed E-state index contributed by atoms with van der Waals surface area (Å²) in [6, 6.07) is 8.03. The highest BCUT2D eigenvalue weighted by Gasteiger charge is 2.11. The standard InChI is InChI=1S/C13H9ClN4O2S/c14-7-1-3-8(4-2-7)20-12-9-5-11(17-13(15)19)21-10(9)6-16-18-12/h1-6H,(H3,15,17,19). The van der Waals surface area contributed by atoms with Crippen LogP contribution >= 0.6 is 22.9 Å². The number of ether oxygens (including phenoxy) is 1. The predicted molar refractivity (Wildman–Crippen MR) is 82.1 cm³/mol. The van der Waals surface area contributed by atoms with Gasteiger partial charge in [0.25, 0.3) is 0 Å². The molecule has 0 aliphatic rings. The lowest BCUT2D eigenvalue weighted by Gasteiger charge is -2.04. The Kier molecular flexibility index (Phi) is 3.59. The first kappa shape index (κ1) is 13.6. The molecule has 0 atom stereocenters. The molecule has 0 saturated heterocycles.